The maximum atomic E-state index is 11.2. The monoisotopic (exact) mass is 540 g/mol. The normalized spacial score (nSPS) is 14.6. The molecule has 1 aromatic heterocycles. The van der Waals surface area contributed by atoms with Crippen LogP contribution in [-0.2, 0) is 16.1 Å². The number of hydrogen-bond donors (Lipinski definition) is 1. The van der Waals surface area contributed by atoms with E-state index in [0.29, 0.717) is 13.2 Å². The molecule has 0 spiro atoms. The van der Waals surface area contributed by atoms with Gasteiger partial charge in [-0.05, 0) is 71.8 Å². The third-order valence-electron chi connectivity index (χ3n) is 7.01. The number of fused-ring (bicyclic) bond motifs is 1. The van der Waals surface area contributed by atoms with Gasteiger partial charge < -0.3 is 19.3 Å². The second-order valence-corrected chi connectivity index (χ2v) is 11.4. The number of benzene rings is 3. The molecular formula is C33H32O5S. The molecule has 2 heterocycles. The summed E-state index contributed by atoms with van der Waals surface area (Å²) in [6.07, 6.45) is -0.0102. The molecule has 0 radical (unpaired) electrons. The summed E-state index contributed by atoms with van der Waals surface area (Å²) in [5, 5.41) is 12.5. The van der Waals surface area contributed by atoms with Gasteiger partial charge in [-0.15, -0.1) is 17.3 Å². The molecule has 0 unspecified atom stereocenters. The summed E-state index contributed by atoms with van der Waals surface area (Å²) >= 11 is 1.73. The molecule has 1 fully saturated rings. The Bertz CT molecular complexity index is 1540. The van der Waals surface area contributed by atoms with Crippen LogP contribution in [0, 0.1) is 24.2 Å². The summed E-state index contributed by atoms with van der Waals surface area (Å²) in [4.78, 5) is 11.2. The highest BCUT2D eigenvalue weighted by atomic mass is 32.1. The number of aliphatic carboxylic acids is 1. The first-order valence-electron chi connectivity index (χ1n) is 13.0. The third-order valence-corrected chi connectivity index (χ3v) is 7.97. The molecular weight excluding hydrogens is 508 g/mol. The second kappa shape index (κ2) is 11.5. The van der Waals surface area contributed by atoms with Crippen LogP contribution in [0.3, 0.4) is 0 Å². The van der Waals surface area contributed by atoms with Gasteiger partial charge in [-0.3, -0.25) is 4.79 Å². The van der Waals surface area contributed by atoms with Crippen molar-refractivity contribution in [1.29, 1.82) is 0 Å². The average molecular weight is 541 g/mol. The first-order valence-corrected chi connectivity index (χ1v) is 13.9. The van der Waals surface area contributed by atoms with Gasteiger partial charge in [0.15, 0.2) is 0 Å². The Morgan fingerprint density at radius 2 is 1.79 bits per heavy atom. The molecule has 200 valence electrons. The van der Waals surface area contributed by atoms with E-state index in [-0.39, 0.29) is 17.8 Å². The Hall–Kier alpha value is -3.79. The molecule has 0 bridgehead atoms. The van der Waals surface area contributed by atoms with Crippen LogP contribution in [0.2, 0.25) is 0 Å². The van der Waals surface area contributed by atoms with Crippen LogP contribution in [0.25, 0.3) is 21.2 Å². The highest BCUT2D eigenvalue weighted by Gasteiger charge is 2.34. The molecule has 39 heavy (non-hydrogen) atoms. The van der Waals surface area contributed by atoms with Gasteiger partial charge in [-0.1, -0.05) is 43.2 Å². The summed E-state index contributed by atoms with van der Waals surface area (Å²) < 4.78 is 18.8. The van der Waals surface area contributed by atoms with E-state index in [1.54, 1.807) is 18.3 Å². The quantitative estimate of drug-likeness (QED) is 0.212. The number of aryl methyl sites for hydroxylation is 1. The zero-order chi connectivity index (χ0) is 27.4. The van der Waals surface area contributed by atoms with Crippen molar-refractivity contribution in [3.05, 3.63) is 82.7 Å². The lowest BCUT2D eigenvalue weighted by atomic mass is 9.90. The summed E-state index contributed by atoms with van der Waals surface area (Å²) in [7, 11) is 0. The predicted molar refractivity (Wildman–Crippen MR) is 156 cm³/mol. The van der Waals surface area contributed by atoms with Gasteiger partial charge in [-0.2, -0.15) is 0 Å². The minimum atomic E-state index is -0.855. The van der Waals surface area contributed by atoms with Gasteiger partial charge >= 0.3 is 5.97 Å². The summed E-state index contributed by atoms with van der Waals surface area (Å²) in [5.41, 5.74) is 5.57. The van der Waals surface area contributed by atoms with E-state index in [0.717, 1.165) is 35.8 Å². The van der Waals surface area contributed by atoms with E-state index < -0.39 is 5.97 Å². The molecule has 5 nitrogen and oxygen atoms in total. The maximum Gasteiger partial charge on any atom is 0.304 e. The highest BCUT2D eigenvalue weighted by Crippen LogP contribution is 2.39. The molecule has 1 aliphatic heterocycles. The van der Waals surface area contributed by atoms with Crippen molar-refractivity contribution in [2.75, 3.05) is 19.8 Å². The van der Waals surface area contributed by atoms with Gasteiger partial charge in [0.2, 0.25) is 0 Å². The fourth-order valence-corrected chi connectivity index (χ4v) is 5.68. The Morgan fingerprint density at radius 1 is 1.05 bits per heavy atom. The minimum Gasteiger partial charge on any atom is -0.493 e. The van der Waals surface area contributed by atoms with E-state index >= 15 is 0 Å². The molecule has 0 amide bonds. The number of thiophene rings is 1. The van der Waals surface area contributed by atoms with Gasteiger partial charge in [0, 0.05) is 21.1 Å². The highest BCUT2D eigenvalue weighted by molar-refractivity contribution is 7.17. The molecule has 1 atom stereocenters. The Balaban J connectivity index is 1.28. The second-order valence-electron chi connectivity index (χ2n) is 10.5. The molecule has 0 aliphatic carbocycles. The number of rotatable bonds is 10. The fraction of sp³-hybridized carbons (Fsp3) is 0.303. The van der Waals surface area contributed by atoms with Gasteiger partial charge in [0.05, 0.1) is 32.2 Å². The smallest absolute Gasteiger partial charge is 0.304 e. The predicted octanol–water partition coefficient (Wildman–Crippen LogP) is 7.45. The maximum absolute atomic E-state index is 11.2. The van der Waals surface area contributed by atoms with E-state index in [4.69, 9.17) is 14.2 Å². The van der Waals surface area contributed by atoms with E-state index in [1.165, 1.54) is 26.8 Å². The van der Waals surface area contributed by atoms with Gasteiger partial charge in [0.25, 0.3) is 0 Å². The van der Waals surface area contributed by atoms with Crippen LogP contribution < -0.4 is 9.47 Å². The zero-order valence-corrected chi connectivity index (χ0v) is 23.3. The number of carboxylic acid groups (broad SMARTS) is 1. The van der Waals surface area contributed by atoms with Crippen molar-refractivity contribution in [2.45, 2.75) is 39.7 Å². The molecule has 3 aromatic carbocycles. The molecule has 1 aliphatic rings. The summed E-state index contributed by atoms with van der Waals surface area (Å²) in [6.45, 7) is 8.62. The Labute approximate surface area is 233 Å². The average Bonchev–Trinajstić information content (AvgIpc) is 3.32. The van der Waals surface area contributed by atoms with Crippen LogP contribution >= 0.6 is 11.3 Å². The summed E-state index contributed by atoms with van der Waals surface area (Å²) in [5.74, 6) is 6.35. The van der Waals surface area contributed by atoms with Crippen LogP contribution in [0.1, 0.15) is 42.9 Å². The van der Waals surface area contributed by atoms with Crippen molar-refractivity contribution in [2.24, 2.45) is 5.41 Å². The largest absolute Gasteiger partial charge is 0.493 e. The third kappa shape index (κ3) is 6.27. The van der Waals surface area contributed by atoms with Crippen LogP contribution in [0.5, 0.6) is 11.5 Å². The molecule has 6 heteroatoms. The van der Waals surface area contributed by atoms with Crippen molar-refractivity contribution in [3.63, 3.8) is 0 Å². The van der Waals surface area contributed by atoms with Crippen LogP contribution in [0.15, 0.2) is 66.0 Å². The topological polar surface area (TPSA) is 65.0 Å². The van der Waals surface area contributed by atoms with Crippen molar-refractivity contribution < 1.29 is 24.1 Å². The molecule has 4 aromatic rings. The number of carbonyl (C=O) groups is 1. The van der Waals surface area contributed by atoms with Crippen molar-refractivity contribution >= 4 is 27.4 Å². The van der Waals surface area contributed by atoms with Gasteiger partial charge in [0.1, 0.15) is 18.1 Å². The van der Waals surface area contributed by atoms with E-state index in [1.807, 2.05) is 36.4 Å². The van der Waals surface area contributed by atoms with E-state index in [2.05, 4.69) is 55.3 Å². The van der Waals surface area contributed by atoms with Crippen molar-refractivity contribution in [3.8, 4) is 34.5 Å². The van der Waals surface area contributed by atoms with Crippen LogP contribution in [-0.4, -0.2) is 30.9 Å². The molecule has 5 rings (SSSR count). The standard InChI is InChI=1S/C33H32O5S/c1-4-5-25(15-32(34)35)24-8-6-23(7-9-24)17-37-27-11-13-31-29(16-27)30(18-39-31)28-12-10-26(14-22(28)2)38-21-33(3)19-36-20-33/h6-14,16,18,25H,15,17,19-21H2,1-3H3,(H,34,35)/t25-/m0/s1. The van der Waals surface area contributed by atoms with E-state index in [9.17, 15) is 9.90 Å². The van der Waals surface area contributed by atoms with Crippen LogP contribution in [0.4, 0.5) is 0 Å². The molecule has 1 N–H and O–H groups in total. The first-order chi connectivity index (χ1) is 18.8. The number of ether oxygens (including phenoxy) is 3. The minimum absolute atomic E-state index is 0.0102. The Kier molecular flexibility index (Phi) is 7.92. The molecule has 1 saturated heterocycles. The number of hydrogen-bond acceptors (Lipinski definition) is 5. The lowest BCUT2D eigenvalue weighted by molar-refractivity contribution is -0.137. The molecule has 0 saturated carbocycles. The first kappa shape index (κ1) is 26.8. The fourth-order valence-electron chi connectivity index (χ4n) is 4.74. The lowest BCUT2D eigenvalue weighted by Crippen LogP contribution is -2.44. The van der Waals surface area contributed by atoms with Gasteiger partial charge in [-0.25, -0.2) is 0 Å². The Morgan fingerprint density at radius 3 is 2.46 bits per heavy atom. The lowest BCUT2D eigenvalue weighted by Gasteiger charge is -2.37. The SMILES string of the molecule is CC#C[C@@H](CC(=O)O)c1ccc(COc2ccc3scc(-c4ccc(OCC5(C)COC5)cc4C)c3c2)cc1. The zero-order valence-electron chi connectivity index (χ0n) is 22.5. The van der Waals surface area contributed by atoms with Crippen molar-refractivity contribution in [1.82, 2.24) is 0 Å². The summed E-state index contributed by atoms with van der Waals surface area (Å²) in [6, 6.07) is 20.3. The number of carboxylic acids is 1.